The molecule has 0 spiro atoms. The summed E-state index contributed by atoms with van der Waals surface area (Å²) in [5.74, 6) is 1.10. The van der Waals surface area contributed by atoms with Gasteiger partial charge in [-0.1, -0.05) is 5.16 Å². The number of hydrogen-bond donors (Lipinski definition) is 1. The molecule has 0 saturated carbocycles. The highest BCUT2D eigenvalue weighted by Crippen LogP contribution is 2.01. The van der Waals surface area contributed by atoms with Gasteiger partial charge >= 0.3 is 0 Å². The fraction of sp³-hybridized carbons (Fsp3) is 0.750. The van der Waals surface area contributed by atoms with E-state index in [4.69, 9.17) is 14.4 Å². The van der Waals surface area contributed by atoms with Crippen LogP contribution in [0.15, 0.2) is 4.52 Å². The Labute approximate surface area is 76.7 Å². The molecule has 0 fully saturated rings. The van der Waals surface area contributed by atoms with Gasteiger partial charge in [-0.3, -0.25) is 0 Å². The van der Waals surface area contributed by atoms with Gasteiger partial charge in [0.25, 0.3) is 0 Å². The van der Waals surface area contributed by atoms with E-state index in [-0.39, 0.29) is 0 Å². The zero-order chi connectivity index (χ0) is 9.68. The summed E-state index contributed by atoms with van der Waals surface area (Å²) in [6.45, 7) is 2.25. The van der Waals surface area contributed by atoms with E-state index in [9.17, 15) is 0 Å². The summed E-state index contributed by atoms with van der Waals surface area (Å²) in [5.41, 5.74) is 0. The van der Waals surface area contributed by atoms with Crippen molar-refractivity contribution in [3.8, 4) is 0 Å². The van der Waals surface area contributed by atoms with E-state index in [0.29, 0.717) is 31.2 Å². The van der Waals surface area contributed by atoms with Crippen LogP contribution in [0.2, 0.25) is 0 Å². The number of ether oxygens (including phenoxy) is 1. The Morgan fingerprint density at radius 2 is 2.38 bits per heavy atom. The molecule has 1 rings (SSSR count). The molecule has 5 nitrogen and oxygen atoms in total. The van der Waals surface area contributed by atoms with Crippen LogP contribution in [-0.2, 0) is 17.6 Å². The Morgan fingerprint density at radius 3 is 3.00 bits per heavy atom. The zero-order valence-electron chi connectivity index (χ0n) is 7.86. The number of methoxy groups -OCH3 is 1. The van der Waals surface area contributed by atoms with Gasteiger partial charge in [-0.2, -0.15) is 4.98 Å². The normalized spacial score (nSPS) is 13.2. The molecular formula is C8H14N2O3. The van der Waals surface area contributed by atoms with Crippen molar-refractivity contribution >= 4 is 0 Å². The summed E-state index contributed by atoms with van der Waals surface area (Å²) >= 11 is 0. The van der Waals surface area contributed by atoms with E-state index in [1.54, 1.807) is 14.0 Å². The van der Waals surface area contributed by atoms with Crippen LogP contribution in [0.25, 0.3) is 0 Å². The largest absolute Gasteiger partial charge is 0.393 e. The second kappa shape index (κ2) is 4.94. The van der Waals surface area contributed by atoms with E-state index in [1.165, 1.54) is 0 Å². The molecule has 0 aromatic carbocycles. The fourth-order valence-corrected chi connectivity index (χ4v) is 0.928. The highest BCUT2D eigenvalue weighted by atomic mass is 16.5. The Balaban J connectivity index is 2.44. The second-order valence-electron chi connectivity index (χ2n) is 2.90. The molecule has 0 saturated heterocycles. The molecule has 1 atom stereocenters. The van der Waals surface area contributed by atoms with Crippen molar-refractivity contribution in [2.45, 2.75) is 25.9 Å². The maximum absolute atomic E-state index is 9.04. The van der Waals surface area contributed by atoms with E-state index in [0.717, 1.165) is 0 Å². The molecule has 1 aromatic heterocycles. The van der Waals surface area contributed by atoms with Gasteiger partial charge in [0.2, 0.25) is 5.89 Å². The first kappa shape index (κ1) is 10.1. The fourth-order valence-electron chi connectivity index (χ4n) is 0.928. The molecule has 0 amide bonds. The summed E-state index contributed by atoms with van der Waals surface area (Å²) < 4.78 is 9.77. The highest BCUT2D eigenvalue weighted by Gasteiger charge is 2.07. The average Bonchev–Trinajstić information content (AvgIpc) is 2.48. The van der Waals surface area contributed by atoms with E-state index < -0.39 is 6.10 Å². The SMILES string of the molecule is COCCc1nc(CC(C)O)no1. The number of aliphatic hydroxyl groups excluding tert-OH is 1. The third-order valence-electron chi connectivity index (χ3n) is 1.51. The second-order valence-corrected chi connectivity index (χ2v) is 2.90. The lowest BCUT2D eigenvalue weighted by atomic mass is 10.3. The maximum atomic E-state index is 9.04. The molecule has 0 bridgehead atoms. The predicted octanol–water partition coefficient (Wildman–Crippen LogP) is 0.182. The Hall–Kier alpha value is -0.940. The molecule has 0 radical (unpaired) electrons. The van der Waals surface area contributed by atoms with Crippen LogP contribution in [0.3, 0.4) is 0 Å². The quantitative estimate of drug-likeness (QED) is 0.710. The lowest BCUT2D eigenvalue weighted by Gasteiger charge is -1.95. The van der Waals surface area contributed by atoms with E-state index >= 15 is 0 Å². The van der Waals surface area contributed by atoms with Gasteiger partial charge in [-0.25, -0.2) is 0 Å². The van der Waals surface area contributed by atoms with Gasteiger partial charge in [0.05, 0.1) is 19.1 Å². The molecule has 5 heteroatoms. The Morgan fingerprint density at radius 1 is 1.62 bits per heavy atom. The van der Waals surface area contributed by atoms with Gasteiger partial charge in [0, 0.05) is 13.5 Å². The summed E-state index contributed by atoms with van der Waals surface area (Å²) in [6, 6.07) is 0. The first-order valence-corrected chi connectivity index (χ1v) is 4.21. The summed E-state index contributed by atoms with van der Waals surface area (Å²) in [7, 11) is 1.62. The molecule has 0 aliphatic carbocycles. The summed E-state index contributed by atoms with van der Waals surface area (Å²) in [5, 5.41) is 12.8. The van der Waals surface area contributed by atoms with Gasteiger partial charge in [-0.05, 0) is 6.92 Å². The first-order chi connectivity index (χ1) is 6.22. The number of nitrogens with zero attached hydrogens (tertiary/aromatic N) is 2. The maximum Gasteiger partial charge on any atom is 0.228 e. The predicted molar refractivity (Wildman–Crippen MR) is 45.3 cm³/mol. The Kier molecular flexibility index (Phi) is 3.85. The Bertz CT molecular complexity index is 247. The third-order valence-corrected chi connectivity index (χ3v) is 1.51. The van der Waals surface area contributed by atoms with Crippen LogP contribution in [0.5, 0.6) is 0 Å². The van der Waals surface area contributed by atoms with Crippen molar-refractivity contribution in [2.75, 3.05) is 13.7 Å². The molecule has 0 aliphatic heterocycles. The van der Waals surface area contributed by atoms with Crippen molar-refractivity contribution in [3.63, 3.8) is 0 Å². The lowest BCUT2D eigenvalue weighted by molar-refractivity contribution is 0.189. The van der Waals surface area contributed by atoms with Crippen LogP contribution in [-0.4, -0.2) is 35.1 Å². The van der Waals surface area contributed by atoms with Crippen LogP contribution >= 0.6 is 0 Å². The lowest BCUT2D eigenvalue weighted by Crippen LogP contribution is -2.05. The number of aromatic nitrogens is 2. The minimum Gasteiger partial charge on any atom is -0.393 e. The standard InChI is InChI=1S/C8H14N2O3/c1-6(11)5-7-9-8(13-10-7)3-4-12-2/h6,11H,3-5H2,1-2H3. The molecule has 74 valence electrons. The monoisotopic (exact) mass is 186 g/mol. The molecule has 1 N–H and O–H groups in total. The van der Waals surface area contributed by atoms with Gasteiger partial charge in [0.15, 0.2) is 5.82 Å². The number of rotatable bonds is 5. The van der Waals surface area contributed by atoms with E-state index in [2.05, 4.69) is 10.1 Å². The van der Waals surface area contributed by atoms with Crippen LogP contribution in [0, 0.1) is 0 Å². The molecule has 1 aromatic rings. The van der Waals surface area contributed by atoms with Crippen molar-refractivity contribution in [1.29, 1.82) is 0 Å². The topological polar surface area (TPSA) is 68.4 Å². The number of hydrogen-bond acceptors (Lipinski definition) is 5. The van der Waals surface area contributed by atoms with Gasteiger partial charge in [0.1, 0.15) is 0 Å². The minimum absolute atomic E-state index is 0.427. The van der Waals surface area contributed by atoms with Crippen molar-refractivity contribution in [2.24, 2.45) is 0 Å². The minimum atomic E-state index is -0.437. The molecule has 1 unspecified atom stereocenters. The molecule has 1 heterocycles. The molecule has 13 heavy (non-hydrogen) atoms. The van der Waals surface area contributed by atoms with Gasteiger partial charge in [-0.15, -0.1) is 0 Å². The van der Waals surface area contributed by atoms with Crippen molar-refractivity contribution in [1.82, 2.24) is 10.1 Å². The van der Waals surface area contributed by atoms with Crippen molar-refractivity contribution < 1.29 is 14.4 Å². The molecule has 0 aliphatic rings. The average molecular weight is 186 g/mol. The smallest absolute Gasteiger partial charge is 0.228 e. The first-order valence-electron chi connectivity index (χ1n) is 4.21. The third kappa shape index (κ3) is 3.52. The highest BCUT2D eigenvalue weighted by molar-refractivity contribution is 4.87. The zero-order valence-corrected chi connectivity index (χ0v) is 7.86. The van der Waals surface area contributed by atoms with Gasteiger partial charge < -0.3 is 14.4 Å². The van der Waals surface area contributed by atoms with Crippen LogP contribution in [0.1, 0.15) is 18.6 Å². The summed E-state index contributed by atoms with van der Waals surface area (Å²) in [4.78, 5) is 4.07. The number of aliphatic hydroxyl groups is 1. The van der Waals surface area contributed by atoms with E-state index in [1.807, 2.05) is 0 Å². The summed E-state index contributed by atoms with van der Waals surface area (Å²) in [6.07, 6.45) is 0.604. The van der Waals surface area contributed by atoms with Crippen LogP contribution in [0.4, 0.5) is 0 Å². The van der Waals surface area contributed by atoms with Crippen molar-refractivity contribution in [3.05, 3.63) is 11.7 Å². The molecular weight excluding hydrogens is 172 g/mol. The van der Waals surface area contributed by atoms with Crippen LogP contribution < -0.4 is 0 Å².